The van der Waals surface area contributed by atoms with Gasteiger partial charge in [-0.2, -0.15) is 0 Å². The van der Waals surface area contributed by atoms with Crippen LogP contribution in [0.5, 0.6) is 5.75 Å². The third kappa shape index (κ3) is 3.39. The van der Waals surface area contributed by atoms with Gasteiger partial charge in [0.1, 0.15) is 6.61 Å². The Balaban J connectivity index is 2.34. The highest BCUT2D eigenvalue weighted by molar-refractivity contribution is 5.89. The monoisotopic (exact) mass is 285 g/mol. The SMILES string of the molecule is C=CCOc1cccn(Cc2ccccc2C(=O)O)c1=O. The molecule has 108 valence electrons. The Hall–Kier alpha value is -2.82. The minimum absolute atomic E-state index is 0.173. The number of benzene rings is 1. The zero-order chi connectivity index (χ0) is 15.2. The van der Waals surface area contributed by atoms with Gasteiger partial charge >= 0.3 is 5.97 Å². The smallest absolute Gasteiger partial charge is 0.336 e. The summed E-state index contributed by atoms with van der Waals surface area (Å²) in [4.78, 5) is 23.4. The third-order valence-electron chi connectivity index (χ3n) is 2.93. The van der Waals surface area contributed by atoms with Gasteiger partial charge in [-0.05, 0) is 23.8 Å². The lowest BCUT2D eigenvalue weighted by Crippen LogP contribution is -2.22. The summed E-state index contributed by atoms with van der Waals surface area (Å²) in [6.07, 6.45) is 3.15. The van der Waals surface area contributed by atoms with Crippen LogP contribution in [0.3, 0.4) is 0 Å². The van der Waals surface area contributed by atoms with Crippen molar-refractivity contribution in [1.29, 1.82) is 0 Å². The van der Waals surface area contributed by atoms with Gasteiger partial charge in [-0.25, -0.2) is 4.79 Å². The third-order valence-corrected chi connectivity index (χ3v) is 2.93. The first-order chi connectivity index (χ1) is 10.1. The molecule has 0 aliphatic heterocycles. The van der Waals surface area contributed by atoms with E-state index in [9.17, 15) is 9.59 Å². The van der Waals surface area contributed by atoms with Gasteiger partial charge in [0.25, 0.3) is 5.56 Å². The van der Waals surface area contributed by atoms with E-state index in [0.29, 0.717) is 5.56 Å². The van der Waals surface area contributed by atoms with Gasteiger partial charge in [0.2, 0.25) is 0 Å². The Kier molecular flexibility index (Phi) is 4.56. The van der Waals surface area contributed by atoms with Crippen LogP contribution in [0, 0.1) is 0 Å². The molecule has 1 N–H and O–H groups in total. The lowest BCUT2D eigenvalue weighted by atomic mass is 10.1. The maximum Gasteiger partial charge on any atom is 0.336 e. The van der Waals surface area contributed by atoms with Gasteiger partial charge in [-0.15, -0.1) is 0 Å². The maximum absolute atomic E-state index is 12.2. The standard InChI is InChI=1S/C16H15NO4/c1-2-10-21-14-8-5-9-17(15(14)18)11-12-6-3-4-7-13(12)16(19)20/h2-9H,1,10-11H2,(H,19,20). The Bertz CT molecular complexity index is 718. The number of hydrogen-bond acceptors (Lipinski definition) is 3. The highest BCUT2D eigenvalue weighted by Crippen LogP contribution is 2.11. The molecule has 0 fully saturated rings. The number of pyridine rings is 1. The van der Waals surface area contributed by atoms with E-state index in [4.69, 9.17) is 9.84 Å². The van der Waals surface area contributed by atoms with E-state index < -0.39 is 5.97 Å². The van der Waals surface area contributed by atoms with Crippen molar-refractivity contribution in [3.05, 3.63) is 76.7 Å². The van der Waals surface area contributed by atoms with Crippen LogP contribution in [0.25, 0.3) is 0 Å². The summed E-state index contributed by atoms with van der Waals surface area (Å²) in [5.74, 6) is -0.803. The zero-order valence-corrected chi connectivity index (χ0v) is 11.4. The summed E-state index contributed by atoms with van der Waals surface area (Å²) < 4.78 is 6.69. The minimum atomic E-state index is -1.02. The number of aromatic carboxylic acids is 1. The molecule has 0 aliphatic rings. The van der Waals surface area contributed by atoms with Gasteiger partial charge < -0.3 is 14.4 Å². The summed E-state index contributed by atoms with van der Waals surface area (Å²) in [5, 5.41) is 9.16. The lowest BCUT2D eigenvalue weighted by molar-refractivity contribution is 0.0695. The number of carboxylic acids is 1. The largest absolute Gasteiger partial charge is 0.484 e. The fraction of sp³-hybridized carbons (Fsp3) is 0.125. The summed E-state index contributed by atoms with van der Waals surface area (Å²) in [6, 6.07) is 9.85. The molecule has 0 saturated heterocycles. The molecule has 2 rings (SSSR count). The van der Waals surface area contributed by atoms with Crippen LogP contribution in [0.15, 0.2) is 60.0 Å². The van der Waals surface area contributed by atoms with E-state index in [1.165, 1.54) is 10.6 Å². The predicted molar refractivity (Wildman–Crippen MR) is 78.9 cm³/mol. The van der Waals surface area contributed by atoms with Crippen molar-refractivity contribution in [2.45, 2.75) is 6.54 Å². The molecular weight excluding hydrogens is 270 g/mol. The molecular formula is C16H15NO4. The van der Waals surface area contributed by atoms with Crippen molar-refractivity contribution in [3.63, 3.8) is 0 Å². The Morgan fingerprint density at radius 1 is 1.29 bits per heavy atom. The molecule has 2 aromatic rings. The number of ether oxygens (including phenoxy) is 1. The molecule has 0 aliphatic carbocycles. The van der Waals surface area contributed by atoms with E-state index in [-0.39, 0.29) is 30.0 Å². The maximum atomic E-state index is 12.2. The van der Waals surface area contributed by atoms with Gasteiger partial charge in [0, 0.05) is 6.20 Å². The molecule has 0 saturated carbocycles. The fourth-order valence-electron chi connectivity index (χ4n) is 1.95. The molecule has 1 heterocycles. The summed E-state index contributed by atoms with van der Waals surface area (Å²) >= 11 is 0. The number of carboxylic acid groups (broad SMARTS) is 1. The van der Waals surface area contributed by atoms with Crippen molar-refractivity contribution in [1.82, 2.24) is 4.57 Å². The Morgan fingerprint density at radius 3 is 2.76 bits per heavy atom. The number of hydrogen-bond donors (Lipinski definition) is 1. The van der Waals surface area contributed by atoms with Crippen LogP contribution < -0.4 is 10.3 Å². The zero-order valence-electron chi connectivity index (χ0n) is 11.4. The average molecular weight is 285 g/mol. The Labute approximate surface area is 121 Å². The topological polar surface area (TPSA) is 68.5 Å². The molecule has 0 unspecified atom stereocenters. The van der Waals surface area contributed by atoms with Crippen LogP contribution in [0.2, 0.25) is 0 Å². The molecule has 5 heteroatoms. The molecule has 0 spiro atoms. The fourth-order valence-corrected chi connectivity index (χ4v) is 1.95. The van der Waals surface area contributed by atoms with Gasteiger partial charge in [0.05, 0.1) is 12.1 Å². The number of rotatable bonds is 6. The van der Waals surface area contributed by atoms with Gasteiger partial charge in [0.15, 0.2) is 5.75 Å². The van der Waals surface area contributed by atoms with E-state index in [0.717, 1.165) is 0 Å². The van der Waals surface area contributed by atoms with Crippen molar-refractivity contribution in [2.24, 2.45) is 0 Å². The molecule has 5 nitrogen and oxygen atoms in total. The molecule has 1 aromatic carbocycles. The van der Waals surface area contributed by atoms with Crippen LogP contribution in [0.1, 0.15) is 15.9 Å². The predicted octanol–water partition coefficient (Wildman–Crippen LogP) is 2.16. The van der Waals surface area contributed by atoms with Crippen molar-refractivity contribution in [3.8, 4) is 5.75 Å². The van der Waals surface area contributed by atoms with E-state index in [1.54, 1.807) is 42.6 Å². The Morgan fingerprint density at radius 2 is 2.05 bits per heavy atom. The average Bonchev–Trinajstić information content (AvgIpc) is 2.48. The normalized spacial score (nSPS) is 10.1. The molecule has 1 aromatic heterocycles. The second kappa shape index (κ2) is 6.56. The molecule has 0 bridgehead atoms. The molecule has 21 heavy (non-hydrogen) atoms. The summed E-state index contributed by atoms with van der Waals surface area (Å²) in [7, 11) is 0. The highest BCUT2D eigenvalue weighted by atomic mass is 16.5. The first-order valence-electron chi connectivity index (χ1n) is 6.38. The summed E-state index contributed by atoms with van der Waals surface area (Å²) in [6.45, 7) is 3.94. The number of carbonyl (C=O) groups is 1. The van der Waals surface area contributed by atoms with Crippen LogP contribution in [-0.4, -0.2) is 22.2 Å². The van der Waals surface area contributed by atoms with Crippen LogP contribution >= 0.6 is 0 Å². The second-order valence-corrected chi connectivity index (χ2v) is 4.37. The summed E-state index contributed by atoms with van der Waals surface area (Å²) in [5.41, 5.74) is 0.439. The van der Waals surface area contributed by atoms with Gasteiger partial charge in [-0.3, -0.25) is 4.79 Å². The van der Waals surface area contributed by atoms with Gasteiger partial charge in [-0.1, -0.05) is 30.9 Å². The first kappa shape index (κ1) is 14.6. The van der Waals surface area contributed by atoms with Crippen molar-refractivity contribution in [2.75, 3.05) is 6.61 Å². The first-order valence-corrected chi connectivity index (χ1v) is 6.38. The van der Waals surface area contributed by atoms with E-state index in [2.05, 4.69) is 6.58 Å². The highest BCUT2D eigenvalue weighted by Gasteiger charge is 2.11. The number of aromatic nitrogens is 1. The second-order valence-electron chi connectivity index (χ2n) is 4.37. The molecule has 0 atom stereocenters. The molecule has 0 radical (unpaired) electrons. The van der Waals surface area contributed by atoms with E-state index >= 15 is 0 Å². The van der Waals surface area contributed by atoms with Crippen molar-refractivity contribution >= 4 is 5.97 Å². The van der Waals surface area contributed by atoms with Crippen LogP contribution in [0.4, 0.5) is 0 Å². The minimum Gasteiger partial charge on any atom is -0.484 e. The van der Waals surface area contributed by atoms with Crippen molar-refractivity contribution < 1.29 is 14.6 Å². The quantitative estimate of drug-likeness (QED) is 0.826. The lowest BCUT2D eigenvalue weighted by Gasteiger charge is -2.10. The molecule has 0 amide bonds. The van der Waals surface area contributed by atoms with E-state index in [1.807, 2.05) is 0 Å². The van der Waals surface area contributed by atoms with Crippen LogP contribution in [-0.2, 0) is 6.54 Å². The number of nitrogens with zero attached hydrogens (tertiary/aromatic N) is 1.